The first kappa shape index (κ1) is 23.8. The van der Waals surface area contributed by atoms with Crippen LogP contribution < -0.4 is 9.95 Å². The van der Waals surface area contributed by atoms with E-state index in [4.69, 9.17) is 20.5 Å². The lowest BCUT2D eigenvalue weighted by atomic mass is 9.56. The van der Waals surface area contributed by atoms with Gasteiger partial charge < -0.3 is 24.1 Å². The van der Waals surface area contributed by atoms with E-state index >= 15 is 0 Å². The number of phosphoric acid groups is 1. The number of aliphatic hydroxyl groups is 1. The Bertz CT molecular complexity index is 1340. The molecule has 2 heterocycles. The minimum absolute atomic E-state index is 0.0882. The van der Waals surface area contributed by atoms with Gasteiger partial charge in [0.25, 0.3) is 0 Å². The molecule has 0 amide bonds. The van der Waals surface area contributed by atoms with Crippen LogP contribution in [-0.2, 0) is 9.88 Å². The molecule has 1 saturated heterocycles. The summed E-state index contributed by atoms with van der Waals surface area (Å²) in [6, 6.07) is 8.84. The fraction of sp³-hybridized carbons (Fsp3) is 0.286. The molecule has 1 fully saturated rings. The van der Waals surface area contributed by atoms with Gasteiger partial charge >= 0.3 is 7.82 Å². The number of piperidine rings is 1. The number of hydrogen-bond donors (Lipinski definition) is 4. The largest absolute Gasteiger partial charge is 0.524 e. The lowest BCUT2D eigenvalue weighted by molar-refractivity contribution is 0.0449. The van der Waals surface area contributed by atoms with Crippen LogP contribution >= 0.6 is 19.4 Å². The Morgan fingerprint density at radius 3 is 2.64 bits per heavy atom. The third-order valence-electron chi connectivity index (χ3n) is 6.11. The number of β-amino-alcohol motifs (C(OH)–C–C–N with tert-alkyl or cyclic N) is 1. The van der Waals surface area contributed by atoms with E-state index < -0.39 is 30.4 Å². The number of halogens is 1. The van der Waals surface area contributed by atoms with Gasteiger partial charge in [-0.2, -0.15) is 0 Å². The average molecular weight is 494 g/mol. The van der Waals surface area contributed by atoms with Crippen LogP contribution in [0.5, 0.6) is 11.5 Å². The van der Waals surface area contributed by atoms with Crippen molar-refractivity contribution in [2.24, 2.45) is 0 Å². The van der Waals surface area contributed by atoms with Crippen molar-refractivity contribution in [3.63, 3.8) is 0 Å². The van der Waals surface area contributed by atoms with Crippen molar-refractivity contribution in [1.29, 1.82) is 0 Å². The van der Waals surface area contributed by atoms with Crippen LogP contribution in [0.2, 0.25) is 5.02 Å². The second-order valence-electron chi connectivity index (χ2n) is 8.46. The van der Waals surface area contributed by atoms with Crippen LogP contribution in [0.1, 0.15) is 12.0 Å². The van der Waals surface area contributed by atoms with Gasteiger partial charge in [-0.3, -0.25) is 14.6 Å². The summed E-state index contributed by atoms with van der Waals surface area (Å²) in [5.74, 6) is -0.848. The highest BCUT2D eigenvalue weighted by Crippen LogP contribution is 2.49. The van der Waals surface area contributed by atoms with Crippen molar-refractivity contribution >= 4 is 38.2 Å². The van der Waals surface area contributed by atoms with Gasteiger partial charge in [0, 0.05) is 35.1 Å². The zero-order valence-corrected chi connectivity index (χ0v) is 19.5. The first-order chi connectivity index (χ1) is 15.4. The predicted octanol–water partition coefficient (Wildman–Crippen LogP) is 1.82. The van der Waals surface area contributed by atoms with Crippen LogP contribution in [0.4, 0.5) is 0 Å². The summed E-state index contributed by atoms with van der Waals surface area (Å²) in [6.45, 7) is 0.822. The molecule has 174 valence electrons. The van der Waals surface area contributed by atoms with Gasteiger partial charge in [0.05, 0.1) is 11.1 Å². The maximum absolute atomic E-state index is 13.0. The number of rotatable bonds is 4. The number of fused-ring (bicyclic) bond motifs is 1. The molecule has 1 aliphatic rings. The third kappa shape index (κ3) is 4.42. The predicted molar refractivity (Wildman–Crippen MR) is 126 cm³/mol. The normalized spacial score (nSPS) is 21.9. The summed E-state index contributed by atoms with van der Waals surface area (Å²) >= 11 is 6.28. The van der Waals surface area contributed by atoms with Crippen LogP contribution in [0.25, 0.3) is 22.3 Å². The summed E-state index contributed by atoms with van der Waals surface area (Å²) in [5, 5.41) is 20.6. The Kier molecular flexibility index (Phi) is 6.11. The quantitative estimate of drug-likeness (QED) is 0.316. The van der Waals surface area contributed by atoms with Crippen LogP contribution in [0, 0.1) is 0 Å². The molecule has 0 radical (unpaired) electrons. The summed E-state index contributed by atoms with van der Waals surface area (Å²) in [6.07, 6.45) is -0.625. The number of hydrogen-bond acceptors (Lipinski definition) is 7. The Labute approximate surface area is 194 Å². The monoisotopic (exact) mass is 493 g/mol. The molecule has 2 aromatic carbocycles. The first-order valence-corrected chi connectivity index (χ1v) is 12.0. The van der Waals surface area contributed by atoms with Gasteiger partial charge in [-0.1, -0.05) is 23.7 Å². The smallest absolute Gasteiger partial charge is 0.507 e. The summed E-state index contributed by atoms with van der Waals surface area (Å²) in [4.78, 5) is 34.0. The molecule has 4 rings (SSSR count). The van der Waals surface area contributed by atoms with Crippen LogP contribution in [0.15, 0.2) is 45.6 Å². The highest BCUT2D eigenvalue weighted by Gasteiger charge is 2.44. The third-order valence-corrected chi connectivity index (χ3v) is 6.87. The van der Waals surface area contributed by atoms with E-state index in [0.29, 0.717) is 23.6 Å². The number of aliphatic hydroxyl groups excluding tert-OH is 1. The molecule has 2 unspecified atom stereocenters. The fourth-order valence-electron chi connectivity index (χ4n) is 4.30. The van der Waals surface area contributed by atoms with Crippen molar-refractivity contribution in [1.82, 2.24) is 4.90 Å². The van der Waals surface area contributed by atoms with E-state index in [2.05, 4.69) is 0 Å². The lowest BCUT2D eigenvalue weighted by Crippen LogP contribution is -2.53. The van der Waals surface area contributed by atoms with E-state index in [1.165, 1.54) is 6.07 Å². The number of nitrogens with zero attached hydrogens (tertiary/aromatic N) is 1. The van der Waals surface area contributed by atoms with Crippen molar-refractivity contribution in [3.8, 4) is 22.8 Å². The van der Waals surface area contributed by atoms with E-state index in [-0.39, 0.29) is 34.6 Å². The average Bonchev–Trinajstić information content (AvgIpc) is 2.69. The van der Waals surface area contributed by atoms with E-state index in [1.807, 2.05) is 11.9 Å². The molecule has 0 saturated carbocycles. The van der Waals surface area contributed by atoms with Gasteiger partial charge in [0.2, 0.25) is 0 Å². The van der Waals surface area contributed by atoms with Crippen molar-refractivity contribution in [3.05, 3.63) is 57.2 Å². The zero-order chi connectivity index (χ0) is 24.1. The molecule has 33 heavy (non-hydrogen) atoms. The molecule has 2 atom stereocenters. The van der Waals surface area contributed by atoms with E-state index in [0.717, 1.165) is 6.07 Å². The van der Waals surface area contributed by atoms with Crippen molar-refractivity contribution < 1.29 is 33.5 Å². The number of phosphoric ester groups is 1. The van der Waals surface area contributed by atoms with Gasteiger partial charge in [0.15, 0.2) is 5.43 Å². The Morgan fingerprint density at radius 2 is 2.00 bits per heavy atom. The molecular formula is C21H22BClNO8P. The lowest BCUT2D eigenvalue weighted by Gasteiger charge is -2.43. The number of benzene rings is 2. The number of likely N-dealkylation sites (N-methyl/N-ethyl adjacent to an activating group) is 1. The molecule has 9 nitrogen and oxygen atoms in total. The molecule has 0 spiro atoms. The molecular weight excluding hydrogens is 471 g/mol. The Balaban J connectivity index is 2.10. The van der Waals surface area contributed by atoms with Crippen molar-refractivity contribution in [2.75, 3.05) is 20.1 Å². The number of phenols is 1. The van der Waals surface area contributed by atoms with E-state index in [1.54, 1.807) is 32.1 Å². The summed E-state index contributed by atoms with van der Waals surface area (Å²) in [5.41, 5.74) is -0.213. The number of aromatic hydroxyl groups is 1. The summed E-state index contributed by atoms with van der Waals surface area (Å²) < 4.78 is 22.7. The fourth-order valence-corrected chi connectivity index (χ4v) is 4.93. The molecule has 1 aromatic heterocycles. The molecule has 1 aliphatic heterocycles. The molecule has 3 aromatic rings. The SMILES string of the molecule is BC1(c2c(OP(=O)(O)O)cc(O)c3c(=O)cc(-c4ccccc4Cl)oc23)CCN(C)CC1O. The second-order valence-corrected chi connectivity index (χ2v) is 10.0. The topological polar surface area (TPSA) is 141 Å². The maximum Gasteiger partial charge on any atom is 0.524 e. The van der Waals surface area contributed by atoms with Crippen molar-refractivity contribution in [2.45, 2.75) is 17.8 Å². The Morgan fingerprint density at radius 1 is 1.30 bits per heavy atom. The molecule has 12 heteroatoms. The maximum atomic E-state index is 13.0. The summed E-state index contributed by atoms with van der Waals surface area (Å²) in [7, 11) is -1.53. The number of likely N-dealkylation sites (tertiary alicyclic amines) is 1. The second kappa shape index (κ2) is 8.47. The van der Waals surface area contributed by atoms with Gasteiger partial charge in [-0.15, -0.1) is 0 Å². The van der Waals surface area contributed by atoms with E-state index in [9.17, 15) is 29.4 Å². The minimum Gasteiger partial charge on any atom is -0.507 e. The minimum atomic E-state index is -5.06. The Hall–Kier alpha value is -2.33. The highest BCUT2D eigenvalue weighted by atomic mass is 35.5. The first-order valence-electron chi connectivity index (χ1n) is 10.1. The molecule has 4 N–H and O–H groups in total. The number of phenolic OH excluding ortho intramolecular Hbond substituents is 1. The molecule has 0 aliphatic carbocycles. The zero-order valence-electron chi connectivity index (χ0n) is 17.9. The standard InChI is InChI=1S/C21H22BClNO8P/c1-24-7-6-21(22,17(27)10-24)19-16(32-33(28,29)30)9-14(26)18-13(25)8-15(31-20(18)19)11-4-2-3-5-12(11)23/h2-5,8-9,17,26-27H,6-7,10,22H2,1H3,(H2,28,29,30). The van der Waals surface area contributed by atoms with Crippen LogP contribution in [0.3, 0.4) is 0 Å². The van der Waals surface area contributed by atoms with Gasteiger partial charge in [-0.05, 0) is 32.1 Å². The highest BCUT2D eigenvalue weighted by molar-refractivity contribution is 7.46. The van der Waals surface area contributed by atoms with Gasteiger partial charge in [0.1, 0.15) is 36.1 Å². The molecule has 0 bridgehead atoms. The van der Waals surface area contributed by atoms with Crippen LogP contribution in [-0.4, -0.2) is 59.0 Å². The van der Waals surface area contributed by atoms with Gasteiger partial charge in [-0.25, -0.2) is 4.57 Å².